The number of likely N-dealkylation sites (N-methyl/N-ethyl adjacent to an activating group) is 1. The summed E-state index contributed by atoms with van der Waals surface area (Å²) in [6, 6.07) is 8.29. The van der Waals surface area contributed by atoms with Gasteiger partial charge in [-0.1, -0.05) is 12.1 Å². The number of amides is 1. The zero-order chi connectivity index (χ0) is 21.0. The topological polar surface area (TPSA) is 61.9 Å². The standard InChI is InChI=1S/C22H29N3O3S/c1-5-28-22(27)20-17-7-6-8-18(17)29-21(20)23-19(26)14-25(4)13-15-9-11-16(12-10-15)24(2)3/h9-12H,5-8,13-14H2,1-4H3,(H,23,26). The zero-order valence-electron chi connectivity index (χ0n) is 17.6. The molecule has 2 aromatic rings. The van der Waals surface area contributed by atoms with Crippen molar-refractivity contribution in [3.8, 4) is 0 Å². The molecule has 0 saturated heterocycles. The van der Waals surface area contributed by atoms with Crippen LogP contribution in [0.15, 0.2) is 24.3 Å². The molecule has 1 aromatic heterocycles. The fourth-order valence-electron chi connectivity index (χ4n) is 3.59. The summed E-state index contributed by atoms with van der Waals surface area (Å²) in [5.74, 6) is -0.459. The average molecular weight is 416 g/mol. The number of hydrogen-bond donors (Lipinski definition) is 1. The van der Waals surface area contributed by atoms with E-state index in [1.807, 2.05) is 26.0 Å². The van der Waals surface area contributed by atoms with Gasteiger partial charge in [0.25, 0.3) is 0 Å². The number of fused-ring (bicyclic) bond motifs is 1. The summed E-state index contributed by atoms with van der Waals surface area (Å²) in [6.45, 7) is 3.04. The molecule has 0 fully saturated rings. The minimum Gasteiger partial charge on any atom is -0.462 e. The Kier molecular flexibility index (Phi) is 6.92. The van der Waals surface area contributed by atoms with Crippen LogP contribution in [0.1, 0.15) is 39.7 Å². The number of hydrogen-bond acceptors (Lipinski definition) is 6. The predicted molar refractivity (Wildman–Crippen MR) is 118 cm³/mol. The van der Waals surface area contributed by atoms with Gasteiger partial charge in [-0.3, -0.25) is 9.69 Å². The molecule has 1 heterocycles. The molecule has 1 N–H and O–H groups in total. The highest BCUT2D eigenvalue weighted by Gasteiger charge is 2.28. The highest BCUT2D eigenvalue weighted by Crippen LogP contribution is 2.39. The Morgan fingerprint density at radius 2 is 1.86 bits per heavy atom. The van der Waals surface area contributed by atoms with E-state index in [2.05, 4.69) is 34.5 Å². The fourth-order valence-corrected chi connectivity index (χ4v) is 4.88. The molecule has 3 rings (SSSR count). The number of anilines is 2. The van der Waals surface area contributed by atoms with Crippen molar-refractivity contribution < 1.29 is 14.3 Å². The van der Waals surface area contributed by atoms with Gasteiger partial charge < -0.3 is 15.0 Å². The van der Waals surface area contributed by atoms with E-state index in [1.165, 1.54) is 16.2 Å². The SMILES string of the molecule is CCOC(=O)c1c(NC(=O)CN(C)Cc2ccc(N(C)C)cc2)sc2c1CCC2. The van der Waals surface area contributed by atoms with Crippen LogP contribution in [0.2, 0.25) is 0 Å². The zero-order valence-corrected chi connectivity index (χ0v) is 18.4. The summed E-state index contributed by atoms with van der Waals surface area (Å²) < 4.78 is 5.22. The van der Waals surface area contributed by atoms with Crippen molar-refractivity contribution >= 4 is 33.9 Å². The molecule has 0 aliphatic heterocycles. The summed E-state index contributed by atoms with van der Waals surface area (Å²) in [5, 5.41) is 3.58. The van der Waals surface area contributed by atoms with Crippen LogP contribution >= 0.6 is 11.3 Å². The molecule has 6 nitrogen and oxygen atoms in total. The van der Waals surface area contributed by atoms with Gasteiger partial charge in [0.15, 0.2) is 0 Å². The van der Waals surface area contributed by atoms with E-state index in [1.54, 1.807) is 6.92 Å². The summed E-state index contributed by atoms with van der Waals surface area (Å²) in [4.78, 5) is 30.2. The van der Waals surface area contributed by atoms with Crippen LogP contribution < -0.4 is 10.2 Å². The highest BCUT2D eigenvalue weighted by atomic mass is 32.1. The van der Waals surface area contributed by atoms with Gasteiger partial charge >= 0.3 is 5.97 Å². The van der Waals surface area contributed by atoms with Crippen LogP contribution in [-0.4, -0.2) is 51.1 Å². The smallest absolute Gasteiger partial charge is 0.341 e. The normalized spacial score (nSPS) is 12.7. The molecule has 0 unspecified atom stereocenters. The van der Waals surface area contributed by atoms with E-state index in [0.717, 1.165) is 36.1 Å². The molecule has 7 heteroatoms. The van der Waals surface area contributed by atoms with E-state index < -0.39 is 0 Å². The first-order chi connectivity index (χ1) is 13.9. The first kappa shape index (κ1) is 21.3. The van der Waals surface area contributed by atoms with E-state index in [4.69, 9.17) is 4.74 Å². The molecular weight excluding hydrogens is 386 g/mol. The Labute approximate surface area is 176 Å². The second-order valence-electron chi connectivity index (χ2n) is 7.56. The maximum Gasteiger partial charge on any atom is 0.341 e. The molecule has 1 aliphatic rings. The van der Waals surface area contributed by atoms with Crippen molar-refractivity contribution in [2.75, 3.05) is 44.5 Å². The van der Waals surface area contributed by atoms with E-state index in [0.29, 0.717) is 23.7 Å². The monoisotopic (exact) mass is 415 g/mol. The molecule has 1 amide bonds. The number of rotatable bonds is 8. The number of esters is 1. The molecule has 0 atom stereocenters. The first-order valence-corrected chi connectivity index (χ1v) is 10.8. The third-order valence-corrected chi connectivity index (χ3v) is 6.18. The Hall–Kier alpha value is -2.38. The molecule has 0 bridgehead atoms. The van der Waals surface area contributed by atoms with Crippen molar-refractivity contribution in [2.24, 2.45) is 0 Å². The summed E-state index contributed by atoms with van der Waals surface area (Å²) in [7, 11) is 5.94. The van der Waals surface area contributed by atoms with Gasteiger partial charge in [0.05, 0.1) is 18.7 Å². The molecule has 1 aliphatic carbocycles. The lowest BCUT2D eigenvalue weighted by Crippen LogP contribution is -2.30. The highest BCUT2D eigenvalue weighted by molar-refractivity contribution is 7.17. The van der Waals surface area contributed by atoms with Gasteiger partial charge in [-0.2, -0.15) is 0 Å². The summed E-state index contributed by atoms with van der Waals surface area (Å²) in [5.41, 5.74) is 3.90. The second kappa shape index (κ2) is 9.41. The van der Waals surface area contributed by atoms with Gasteiger partial charge in [0.2, 0.25) is 5.91 Å². The van der Waals surface area contributed by atoms with Gasteiger partial charge in [-0.05, 0) is 56.5 Å². The number of nitrogens with zero attached hydrogens (tertiary/aromatic N) is 2. The maximum absolute atomic E-state index is 12.6. The molecule has 0 saturated carbocycles. The lowest BCUT2D eigenvalue weighted by molar-refractivity contribution is -0.117. The number of benzene rings is 1. The number of nitrogens with one attached hydrogen (secondary N) is 1. The predicted octanol–water partition coefficient (Wildman–Crippen LogP) is 3.55. The number of thiophene rings is 1. The molecule has 0 spiro atoms. The van der Waals surface area contributed by atoms with E-state index in [9.17, 15) is 9.59 Å². The third kappa shape index (κ3) is 5.16. The van der Waals surface area contributed by atoms with Crippen LogP contribution in [0.5, 0.6) is 0 Å². The number of ether oxygens (including phenoxy) is 1. The Bertz CT molecular complexity index is 874. The van der Waals surface area contributed by atoms with Crippen LogP contribution in [0.4, 0.5) is 10.7 Å². The number of aryl methyl sites for hydroxylation is 1. The maximum atomic E-state index is 12.6. The largest absolute Gasteiger partial charge is 0.462 e. The Morgan fingerprint density at radius 3 is 2.52 bits per heavy atom. The van der Waals surface area contributed by atoms with Crippen LogP contribution in [0.25, 0.3) is 0 Å². The minimum absolute atomic E-state index is 0.122. The Balaban J connectivity index is 1.62. The van der Waals surface area contributed by atoms with Gasteiger partial charge in [-0.15, -0.1) is 11.3 Å². The average Bonchev–Trinajstić information content (AvgIpc) is 3.22. The third-order valence-electron chi connectivity index (χ3n) is 4.97. The molecule has 1 aromatic carbocycles. The summed E-state index contributed by atoms with van der Waals surface area (Å²) >= 11 is 1.51. The lowest BCUT2D eigenvalue weighted by atomic mass is 10.1. The molecule has 29 heavy (non-hydrogen) atoms. The quantitative estimate of drug-likeness (QED) is 0.668. The fraction of sp³-hybridized carbons (Fsp3) is 0.455. The van der Waals surface area contributed by atoms with Crippen molar-refractivity contribution in [1.29, 1.82) is 0 Å². The van der Waals surface area contributed by atoms with Gasteiger partial charge in [0, 0.05) is 31.2 Å². The van der Waals surface area contributed by atoms with E-state index in [-0.39, 0.29) is 18.4 Å². The van der Waals surface area contributed by atoms with Crippen molar-refractivity contribution in [2.45, 2.75) is 32.7 Å². The lowest BCUT2D eigenvalue weighted by Gasteiger charge is -2.18. The van der Waals surface area contributed by atoms with Crippen LogP contribution in [-0.2, 0) is 28.9 Å². The molecular formula is C22H29N3O3S. The second-order valence-corrected chi connectivity index (χ2v) is 8.67. The molecule has 156 valence electrons. The minimum atomic E-state index is -0.337. The number of carbonyl (C=O) groups is 2. The Morgan fingerprint density at radius 1 is 1.14 bits per heavy atom. The van der Waals surface area contributed by atoms with Gasteiger partial charge in [0.1, 0.15) is 5.00 Å². The van der Waals surface area contributed by atoms with E-state index >= 15 is 0 Å². The van der Waals surface area contributed by atoms with Gasteiger partial charge in [-0.25, -0.2) is 4.79 Å². The number of carbonyl (C=O) groups excluding carboxylic acids is 2. The first-order valence-electron chi connectivity index (χ1n) is 9.95. The van der Waals surface area contributed by atoms with Crippen LogP contribution in [0, 0.1) is 0 Å². The summed E-state index contributed by atoms with van der Waals surface area (Å²) in [6.07, 6.45) is 2.89. The molecule has 0 radical (unpaired) electrons. The van der Waals surface area contributed by atoms with Crippen LogP contribution in [0.3, 0.4) is 0 Å². The van der Waals surface area contributed by atoms with Crippen molar-refractivity contribution in [1.82, 2.24) is 4.90 Å². The van der Waals surface area contributed by atoms with Crippen molar-refractivity contribution in [3.63, 3.8) is 0 Å². The van der Waals surface area contributed by atoms with Crippen molar-refractivity contribution in [3.05, 3.63) is 45.8 Å².